The van der Waals surface area contributed by atoms with Gasteiger partial charge in [0, 0.05) is 24.9 Å². The molecule has 0 aliphatic carbocycles. The molecule has 1 aliphatic heterocycles. The normalized spacial score (nSPS) is 17.8. The highest BCUT2D eigenvalue weighted by Crippen LogP contribution is 2.37. The number of nitrogens with one attached hydrogen (secondary N) is 1. The van der Waals surface area contributed by atoms with Crippen molar-refractivity contribution in [3.8, 4) is 0 Å². The van der Waals surface area contributed by atoms with E-state index in [9.17, 15) is 4.39 Å². The summed E-state index contributed by atoms with van der Waals surface area (Å²) in [5.41, 5.74) is 5.05. The Balaban J connectivity index is 1.65. The van der Waals surface area contributed by atoms with Crippen LogP contribution in [0, 0.1) is 0 Å². The lowest BCUT2D eigenvalue weighted by Crippen LogP contribution is -2.36. The Morgan fingerprint density at radius 2 is 2.14 bits per heavy atom. The lowest BCUT2D eigenvalue weighted by molar-refractivity contribution is 0.298. The monoisotopic (exact) mass is 395 g/mol. The molecule has 8 nitrogen and oxygen atoms in total. The number of pyridine rings is 1. The van der Waals surface area contributed by atoms with Gasteiger partial charge in [-0.05, 0) is 30.5 Å². The number of fused-ring (bicyclic) bond motifs is 2. The number of alkyl halides is 1. The number of hydrogen-bond donors (Lipinski definition) is 1. The van der Waals surface area contributed by atoms with Gasteiger partial charge in [0.05, 0.1) is 23.2 Å². The molecule has 9 heteroatoms. The zero-order valence-corrected chi connectivity index (χ0v) is 16.5. The van der Waals surface area contributed by atoms with Gasteiger partial charge in [0.25, 0.3) is 5.89 Å². The topological polar surface area (TPSA) is 88.1 Å². The fourth-order valence-corrected chi connectivity index (χ4v) is 3.96. The van der Waals surface area contributed by atoms with Crippen LogP contribution in [-0.2, 0) is 6.42 Å². The smallest absolute Gasteiger partial charge is 0.319 e. The molecule has 1 unspecified atom stereocenters. The predicted molar refractivity (Wildman–Crippen MR) is 105 cm³/mol. The first-order valence-corrected chi connectivity index (χ1v) is 9.77. The van der Waals surface area contributed by atoms with E-state index in [1.807, 2.05) is 21.7 Å². The van der Waals surface area contributed by atoms with E-state index in [0.29, 0.717) is 12.5 Å². The van der Waals surface area contributed by atoms with Crippen LogP contribution in [0.3, 0.4) is 0 Å². The molecule has 0 fully saturated rings. The van der Waals surface area contributed by atoms with E-state index in [4.69, 9.17) is 9.52 Å². The molecular formula is C20H22FN7O. The summed E-state index contributed by atoms with van der Waals surface area (Å²) >= 11 is 0. The van der Waals surface area contributed by atoms with E-state index < -0.39 is 6.17 Å². The molecule has 0 aromatic carbocycles. The number of aromatic nitrogens is 6. The third-order valence-electron chi connectivity index (χ3n) is 5.40. The number of H-pyrrole nitrogens is 1. The van der Waals surface area contributed by atoms with Crippen molar-refractivity contribution in [1.29, 1.82) is 0 Å². The second-order valence-electron chi connectivity index (χ2n) is 7.67. The molecular weight excluding hydrogens is 373 g/mol. The molecule has 1 N–H and O–H groups in total. The number of aromatic amines is 1. The van der Waals surface area contributed by atoms with Crippen molar-refractivity contribution in [2.24, 2.45) is 0 Å². The fourth-order valence-electron chi connectivity index (χ4n) is 3.96. The minimum absolute atomic E-state index is 0.0244. The first-order valence-electron chi connectivity index (χ1n) is 9.77. The molecule has 4 aromatic rings. The number of nitrogens with zero attached hydrogens (tertiary/aromatic N) is 6. The Bertz CT molecular complexity index is 1160. The van der Waals surface area contributed by atoms with Gasteiger partial charge in [-0.1, -0.05) is 25.0 Å². The first-order chi connectivity index (χ1) is 14.0. The van der Waals surface area contributed by atoms with Crippen LogP contribution < -0.4 is 4.90 Å². The summed E-state index contributed by atoms with van der Waals surface area (Å²) in [7, 11) is 0. The minimum Gasteiger partial charge on any atom is -0.405 e. The Morgan fingerprint density at radius 1 is 1.28 bits per heavy atom. The number of anilines is 1. The van der Waals surface area contributed by atoms with Gasteiger partial charge in [0.2, 0.25) is 0 Å². The van der Waals surface area contributed by atoms with Gasteiger partial charge in [-0.3, -0.25) is 0 Å². The molecule has 0 saturated carbocycles. The molecule has 0 saturated heterocycles. The molecule has 0 radical (unpaired) electrons. The Hall–Kier alpha value is -3.23. The number of rotatable bonds is 4. The van der Waals surface area contributed by atoms with Crippen molar-refractivity contribution in [3.63, 3.8) is 0 Å². The summed E-state index contributed by atoms with van der Waals surface area (Å²) in [6.45, 7) is 6.34. The van der Waals surface area contributed by atoms with E-state index in [2.05, 4.69) is 46.1 Å². The van der Waals surface area contributed by atoms with Crippen molar-refractivity contribution in [2.75, 3.05) is 11.4 Å². The van der Waals surface area contributed by atoms with Gasteiger partial charge >= 0.3 is 6.01 Å². The summed E-state index contributed by atoms with van der Waals surface area (Å²) in [6.07, 6.45) is 3.07. The maximum atomic E-state index is 13.6. The van der Waals surface area contributed by atoms with Gasteiger partial charge in [-0.25, -0.2) is 13.9 Å². The largest absolute Gasteiger partial charge is 0.405 e. The van der Waals surface area contributed by atoms with Crippen LogP contribution in [0.4, 0.5) is 10.4 Å². The van der Waals surface area contributed by atoms with Crippen LogP contribution in [0.25, 0.3) is 5.52 Å². The number of hydrogen-bond acceptors (Lipinski definition) is 6. The SMILES string of the molecule is CC(C)c1cccn2nc([C@H]3c4nc[nH]c4CCN3c3nnc(C(C)F)o3)cc12. The molecule has 5 rings (SSSR count). The van der Waals surface area contributed by atoms with Crippen LogP contribution in [-0.4, -0.2) is 36.3 Å². The second-order valence-corrected chi connectivity index (χ2v) is 7.67. The lowest BCUT2D eigenvalue weighted by atomic mass is 9.99. The van der Waals surface area contributed by atoms with Gasteiger partial charge in [-0.2, -0.15) is 5.10 Å². The van der Waals surface area contributed by atoms with E-state index >= 15 is 0 Å². The maximum absolute atomic E-state index is 13.6. The molecule has 0 bridgehead atoms. The van der Waals surface area contributed by atoms with Crippen LogP contribution >= 0.6 is 0 Å². The van der Waals surface area contributed by atoms with Crippen molar-refractivity contribution < 1.29 is 8.81 Å². The highest BCUT2D eigenvalue weighted by atomic mass is 19.1. The summed E-state index contributed by atoms with van der Waals surface area (Å²) in [5.74, 6) is 0.347. The zero-order valence-electron chi connectivity index (χ0n) is 16.5. The van der Waals surface area contributed by atoms with Crippen molar-refractivity contribution in [3.05, 3.63) is 59.3 Å². The minimum atomic E-state index is -1.32. The second kappa shape index (κ2) is 6.68. The lowest BCUT2D eigenvalue weighted by Gasteiger charge is -2.32. The first kappa shape index (κ1) is 17.8. The molecule has 4 aromatic heterocycles. The summed E-state index contributed by atoms with van der Waals surface area (Å²) in [5, 5.41) is 12.8. The van der Waals surface area contributed by atoms with E-state index in [1.54, 1.807) is 6.33 Å². The molecule has 0 spiro atoms. The van der Waals surface area contributed by atoms with Crippen LogP contribution in [0.15, 0.2) is 35.1 Å². The van der Waals surface area contributed by atoms with Crippen LogP contribution in [0.2, 0.25) is 0 Å². The molecule has 1 aliphatic rings. The highest BCUT2D eigenvalue weighted by Gasteiger charge is 2.36. The standard InChI is InChI=1S/C20H22FN7O/c1-11(2)13-5-4-7-28-16(13)9-15(26-28)18-17-14(22-10-23-17)6-8-27(18)20-25-24-19(29-20)12(3)21/h4-5,7,9-12,18H,6,8H2,1-3H3,(H,22,23)/t12?,18-/m0/s1. The average Bonchev–Trinajstić information content (AvgIpc) is 3.44. The van der Waals surface area contributed by atoms with Crippen molar-refractivity contribution >= 4 is 11.5 Å². The molecule has 0 amide bonds. The molecule has 2 atom stereocenters. The molecule has 5 heterocycles. The average molecular weight is 395 g/mol. The van der Waals surface area contributed by atoms with Crippen LogP contribution in [0.5, 0.6) is 0 Å². The van der Waals surface area contributed by atoms with E-state index in [0.717, 1.165) is 29.0 Å². The van der Waals surface area contributed by atoms with Crippen molar-refractivity contribution in [2.45, 2.75) is 45.3 Å². The quantitative estimate of drug-likeness (QED) is 0.566. The number of halogens is 1. The highest BCUT2D eigenvalue weighted by molar-refractivity contribution is 5.58. The Kier molecular flexibility index (Phi) is 4.11. The summed E-state index contributed by atoms with van der Waals surface area (Å²) in [6, 6.07) is 6.20. The third-order valence-corrected chi connectivity index (χ3v) is 5.40. The Morgan fingerprint density at radius 3 is 2.90 bits per heavy atom. The van der Waals surface area contributed by atoms with Crippen molar-refractivity contribution in [1.82, 2.24) is 29.8 Å². The van der Waals surface area contributed by atoms with E-state index in [1.165, 1.54) is 12.5 Å². The summed E-state index contributed by atoms with van der Waals surface area (Å²) < 4.78 is 21.2. The third kappa shape index (κ3) is 2.88. The van der Waals surface area contributed by atoms with E-state index in [-0.39, 0.29) is 17.9 Å². The predicted octanol–water partition coefficient (Wildman–Crippen LogP) is 3.75. The maximum Gasteiger partial charge on any atom is 0.319 e. The van der Waals surface area contributed by atoms with Gasteiger partial charge in [0.15, 0.2) is 6.17 Å². The fraction of sp³-hybridized carbons (Fsp3) is 0.400. The number of imidazole rings is 1. The van der Waals surface area contributed by atoms with Gasteiger partial charge in [-0.15, -0.1) is 5.10 Å². The van der Waals surface area contributed by atoms with Crippen LogP contribution in [0.1, 0.15) is 67.4 Å². The molecule has 150 valence electrons. The Labute approximate surface area is 166 Å². The summed E-state index contributed by atoms with van der Waals surface area (Å²) in [4.78, 5) is 9.72. The molecule has 29 heavy (non-hydrogen) atoms. The zero-order chi connectivity index (χ0) is 20.1. The van der Waals surface area contributed by atoms with Gasteiger partial charge < -0.3 is 14.3 Å². The van der Waals surface area contributed by atoms with Gasteiger partial charge in [0.1, 0.15) is 6.04 Å².